The van der Waals surface area contributed by atoms with Crippen molar-refractivity contribution >= 4 is 40.9 Å². The third-order valence-corrected chi connectivity index (χ3v) is 7.14. The van der Waals surface area contributed by atoms with Crippen LogP contribution in [0.1, 0.15) is 11.1 Å². The monoisotopic (exact) mass is 539 g/mol. The summed E-state index contributed by atoms with van der Waals surface area (Å²) in [5.41, 5.74) is 7.14. The van der Waals surface area contributed by atoms with E-state index >= 15 is 0 Å². The number of aryl methyl sites for hydroxylation is 1. The van der Waals surface area contributed by atoms with Gasteiger partial charge >= 0.3 is 0 Å². The Kier molecular flexibility index (Phi) is 6.68. The van der Waals surface area contributed by atoms with Gasteiger partial charge in [-0.3, -0.25) is 19.8 Å². The summed E-state index contributed by atoms with van der Waals surface area (Å²) in [6.07, 6.45) is 1.68. The molecule has 0 radical (unpaired) electrons. The number of carbonyl (C=O) groups is 2. The smallest absolute Gasteiger partial charge is 0.270 e. The largest absolute Gasteiger partial charge is 0.309 e. The normalized spacial score (nSPS) is 14.5. The first-order valence-electron chi connectivity index (χ1n) is 12.9. The van der Waals surface area contributed by atoms with E-state index in [2.05, 4.69) is 22.0 Å². The van der Waals surface area contributed by atoms with E-state index in [1.807, 2.05) is 116 Å². The lowest BCUT2D eigenvalue weighted by Gasteiger charge is -2.29. The summed E-state index contributed by atoms with van der Waals surface area (Å²) in [7, 11) is 0. The van der Waals surface area contributed by atoms with Gasteiger partial charge in [-0.1, -0.05) is 96.6 Å². The highest BCUT2D eigenvalue weighted by molar-refractivity contribution is 7.80. The topological polar surface area (TPSA) is 54.3 Å². The van der Waals surface area contributed by atoms with Gasteiger partial charge in [0.2, 0.25) is 0 Å². The molecule has 1 aliphatic rings. The Morgan fingerprint density at radius 2 is 1.27 bits per heavy atom. The predicted molar refractivity (Wildman–Crippen MR) is 164 cm³/mol. The molecule has 5 aromatic rings. The molecule has 1 aliphatic heterocycles. The van der Waals surface area contributed by atoms with Crippen molar-refractivity contribution in [3.05, 3.63) is 138 Å². The summed E-state index contributed by atoms with van der Waals surface area (Å²) in [6.45, 7) is 1.97. The highest BCUT2D eigenvalue weighted by atomic mass is 32.1. The summed E-state index contributed by atoms with van der Waals surface area (Å²) >= 11 is 5.41. The second kappa shape index (κ2) is 10.6. The van der Waals surface area contributed by atoms with Gasteiger partial charge in [-0.2, -0.15) is 0 Å². The number of nitrogens with one attached hydrogen (secondary N) is 1. The average molecular weight is 540 g/mol. The van der Waals surface area contributed by atoms with Gasteiger partial charge in [0, 0.05) is 11.3 Å². The molecule has 1 saturated heterocycles. The minimum Gasteiger partial charge on any atom is -0.309 e. The van der Waals surface area contributed by atoms with E-state index < -0.39 is 11.8 Å². The Hall–Kier alpha value is -5.07. The van der Waals surface area contributed by atoms with Crippen LogP contribution in [-0.4, -0.2) is 21.5 Å². The number of thiocarbonyl (C=S) groups is 1. The van der Waals surface area contributed by atoms with Crippen LogP contribution >= 0.6 is 12.2 Å². The van der Waals surface area contributed by atoms with E-state index in [0.717, 1.165) is 39.3 Å². The third kappa shape index (κ3) is 4.65. The van der Waals surface area contributed by atoms with Gasteiger partial charge < -0.3 is 4.57 Å². The Balaban J connectivity index is 1.59. The fraction of sp³-hybridized carbons (Fsp3) is 0.0294. The molecule has 0 bridgehead atoms. The lowest BCUT2D eigenvalue weighted by atomic mass is 10.0. The van der Waals surface area contributed by atoms with Gasteiger partial charge in [0.15, 0.2) is 5.11 Å². The molecule has 6 rings (SSSR count). The maximum Gasteiger partial charge on any atom is 0.270 e. The Labute approximate surface area is 238 Å². The molecule has 194 valence electrons. The minimum absolute atomic E-state index is 0.0104. The maximum atomic E-state index is 13.8. The quantitative estimate of drug-likeness (QED) is 0.149. The molecular formula is C34H25N3O2S. The fourth-order valence-electron chi connectivity index (χ4n) is 4.94. The zero-order valence-electron chi connectivity index (χ0n) is 21.7. The van der Waals surface area contributed by atoms with Crippen LogP contribution in [0.25, 0.3) is 34.3 Å². The Morgan fingerprint density at radius 3 is 1.90 bits per heavy atom. The first kappa shape index (κ1) is 25.2. The van der Waals surface area contributed by atoms with Crippen molar-refractivity contribution in [1.82, 2.24) is 9.88 Å². The zero-order valence-corrected chi connectivity index (χ0v) is 22.6. The molecule has 1 fully saturated rings. The van der Waals surface area contributed by atoms with Crippen LogP contribution in [0.2, 0.25) is 0 Å². The van der Waals surface area contributed by atoms with Crippen LogP contribution in [0.15, 0.2) is 127 Å². The molecule has 0 unspecified atom stereocenters. The van der Waals surface area contributed by atoms with Crippen LogP contribution in [-0.2, 0) is 9.59 Å². The van der Waals surface area contributed by atoms with E-state index in [-0.39, 0.29) is 10.7 Å². The number of amides is 2. The van der Waals surface area contributed by atoms with E-state index in [1.54, 1.807) is 6.08 Å². The molecule has 0 saturated carbocycles. The summed E-state index contributed by atoms with van der Waals surface area (Å²) in [4.78, 5) is 28.4. The number of carbonyl (C=O) groups excluding carboxylic acids is 2. The van der Waals surface area contributed by atoms with Gasteiger partial charge in [-0.15, -0.1) is 0 Å². The van der Waals surface area contributed by atoms with Crippen LogP contribution in [0.3, 0.4) is 0 Å². The molecule has 0 atom stereocenters. The van der Waals surface area contributed by atoms with Crippen molar-refractivity contribution < 1.29 is 9.59 Å². The predicted octanol–water partition coefficient (Wildman–Crippen LogP) is 6.95. The number of hydrogen-bond donors (Lipinski definition) is 1. The van der Waals surface area contributed by atoms with Gasteiger partial charge in [-0.05, 0) is 66.7 Å². The van der Waals surface area contributed by atoms with Crippen LogP contribution < -0.4 is 10.2 Å². The Morgan fingerprint density at radius 1 is 0.700 bits per heavy atom. The molecule has 0 aliphatic carbocycles. The third-order valence-electron chi connectivity index (χ3n) is 6.86. The highest BCUT2D eigenvalue weighted by Crippen LogP contribution is 2.37. The fourth-order valence-corrected chi connectivity index (χ4v) is 5.22. The van der Waals surface area contributed by atoms with Crippen molar-refractivity contribution in [2.75, 3.05) is 4.90 Å². The number of hydrogen-bond acceptors (Lipinski definition) is 3. The van der Waals surface area contributed by atoms with Crippen LogP contribution in [0.5, 0.6) is 0 Å². The van der Waals surface area contributed by atoms with Gasteiger partial charge in [-0.25, -0.2) is 0 Å². The molecule has 1 N–H and O–H groups in total. The van der Waals surface area contributed by atoms with E-state index in [0.29, 0.717) is 5.69 Å². The average Bonchev–Trinajstić information content (AvgIpc) is 3.37. The summed E-state index contributed by atoms with van der Waals surface area (Å²) < 4.78 is 2.17. The van der Waals surface area contributed by atoms with Crippen molar-refractivity contribution in [2.24, 2.45) is 0 Å². The van der Waals surface area contributed by atoms with Crippen molar-refractivity contribution in [1.29, 1.82) is 0 Å². The molecule has 0 spiro atoms. The molecule has 6 heteroatoms. The van der Waals surface area contributed by atoms with Crippen molar-refractivity contribution in [2.45, 2.75) is 6.92 Å². The van der Waals surface area contributed by atoms with Crippen molar-refractivity contribution in [3.63, 3.8) is 0 Å². The van der Waals surface area contributed by atoms with Gasteiger partial charge in [0.25, 0.3) is 11.8 Å². The van der Waals surface area contributed by atoms with E-state index in [4.69, 9.17) is 12.2 Å². The molecule has 2 heterocycles. The second-order valence-corrected chi connectivity index (χ2v) is 9.92. The van der Waals surface area contributed by atoms with Crippen LogP contribution in [0.4, 0.5) is 5.69 Å². The number of aromatic nitrogens is 1. The zero-order chi connectivity index (χ0) is 27.6. The first-order valence-corrected chi connectivity index (χ1v) is 13.3. The summed E-state index contributed by atoms with van der Waals surface area (Å²) in [5, 5.41) is 2.77. The standard InChI is InChI=1S/C34H25N3O2S/c1-23-17-19-28(20-18-23)37-33(39)29(32(38)35-34(37)40)21-26-22-30(24-11-5-2-6-12-24)36(27-15-9-4-10-16-27)31(26)25-13-7-3-8-14-25/h2-22H,1H3,(H,35,38,40). The summed E-state index contributed by atoms with van der Waals surface area (Å²) in [6, 6.07) is 39.6. The van der Waals surface area contributed by atoms with E-state index in [9.17, 15) is 9.59 Å². The molecular weight excluding hydrogens is 514 g/mol. The maximum absolute atomic E-state index is 13.8. The summed E-state index contributed by atoms with van der Waals surface area (Å²) in [5.74, 6) is -0.989. The van der Waals surface area contributed by atoms with Crippen LogP contribution in [0, 0.1) is 6.92 Å². The number of rotatable bonds is 5. The highest BCUT2D eigenvalue weighted by Gasteiger charge is 2.35. The lowest BCUT2D eigenvalue weighted by Crippen LogP contribution is -2.54. The first-order chi connectivity index (χ1) is 19.5. The van der Waals surface area contributed by atoms with Gasteiger partial charge in [0.05, 0.1) is 17.1 Å². The van der Waals surface area contributed by atoms with Gasteiger partial charge in [0.1, 0.15) is 5.57 Å². The number of nitrogens with zero attached hydrogens (tertiary/aromatic N) is 2. The number of anilines is 1. The second-order valence-electron chi connectivity index (χ2n) is 9.53. The molecule has 5 nitrogen and oxygen atoms in total. The lowest BCUT2D eigenvalue weighted by molar-refractivity contribution is -0.122. The number of para-hydroxylation sites is 1. The number of benzene rings is 4. The molecule has 4 aromatic carbocycles. The van der Waals surface area contributed by atoms with Crippen molar-refractivity contribution in [3.8, 4) is 28.2 Å². The Bertz CT molecular complexity index is 1760. The molecule has 1 aromatic heterocycles. The minimum atomic E-state index is -0.522. The molecule has 2 amide bonds. The molecule has 40 heavy (non-hydrogen) atoms. The van der Waals surface area contributed by atoms with E-state index in [1.165, 1.54) is 4.90 Å². The SMILES string of the molecule is Cc1ccc(N2C(=O)C(=Cc3cc(-c4ccccc4)n(-c4ccccc4)c3-c3ccccc3)C(=O)NC2=S)cc1.